The Hall–Kier alpha value is -2.86. The Bertz CT molecular complexity index is 1120. The number of hydroxylamine groups is 1. The van der Waals surface area contributed by atoms with Gasteiger partial charge in [0.2, 0.25) is 5.91 Å². The molecule has 2 aliphatic rings. The number of fused-ring (bicyclic) bond motifs is 1. The number of nitrogens with zero attached hydrogens (tertiary/aromatic N) is 2. The van der Waals surface area contributed by atoms with Gasteiger partial charge < -0.3 is 0 Å². The maximum atomic E-state index is 13.5. The minimum absolute atomic E-state index is 0.276. The van der Waals surface area contributed by atoms with Crippen LogP contribution in [0.5, 0.6) is 0 Å². The molecule has 30 heavy (non-hydrogen) atoms. The fraction of sp³-hybridized carbons (Fsp3) is 0.130. The van der Waals surface area contributed by atoms with E-state index in [4.69, 9.17) is 28.0 Å². The first-order chi connectivity index (χ1) is 14.6. The fourth-order valence-corrected chi connectivity index (χ4v) is 4.37. The van der Waals surface area contributed by atoms with Crippen molar-refractivity contribution in [2.75, 3.05) is 9.96 Å². The molecule has 150 valence electrons. The molecule has 0 aliphatic carbocycles. The van der Waals surface area contributed by atoms with Gasteiger partial charge in [0.15, 0.2) is 6.10 Å². The highest BCUT2D eigenvalue weighted by atomic mass is 35.5. The second kappa shape index (κ2) is 7.43. The Morgan fingerprint density at radius 2 is 1.40 bits per heavy atom. The van der Waals surface area contributed by atoms with E-state index < -0.39 is 24.0 Å². The topological polar surface area (TPSA) is 49.9 Å². The number of para-hydroxylation sites is 1. The van der Waals surface area contributed by atoms with Crippen LogP contribution in [0.15, 0.2) is 78.9 Å². The molecule has 3 atom stereocenters. The van der Waals surface area contributed by atoms with Crippen molar-refractivity contribution in [3.8, 4) is 0 Å². The van der Waals surface area contributed by atoms with Crippen LogP contribution in [0.2, 0.25) is 10.0 Å². The summed E-state index contributed by atoms with van der Waals surface area (Å²) in [5, 5.41) is 2.30. The zero-order chi connectivity index (χ0) is 20.8. The third-order valence-electron chi connectivity index (χ3n) is 5.43. The molecule has 2 fully saturated rings. The molecule has 2 saturated heterocycles. The van der Waals surface area contributed by atoms with Crippen LogP contribution in [0.3, 0.4) is 0 Å². The van der Waals surface area contributed by atoms with Gasteiger partial charge in [0.05, 0.1) is 27.5 Å². The normalized spacial score (nSPS) is 23.2. The fourth-order valence-electron chi connectivity index (χ4n) is 4.08. The van der Waals surface area contributed by atoms with Crippen LogP contribution in [0.4, 0.5) is 11.4 Å². The number of rotatable bonds is 3. The van der Waals surface area contributed by atoms with Crippen molar-refractivity contribution in [3.05, 3.63) is 94.5 Å². The predicted octanol–water partition coefficient (Wildman–Crippen LogP) is 5.04. The maximum absolute atomic E-state index is 13.5. The van der Waals surface area contributed by atoms with Gasteiger partial charge in [0, 0.05) is 0 Å². The molecule has 5 rings (SSSR count). The zero-order valence-corrected chi connectivity index (χ0v) is 17.1. The molecular formula is C23H16Cl2N2O3. The summed E-state index contributed by atoms with van der Waals surface area (Å²) < 4.78 is 0. The van der Waals surface area contributed by atoms with Gasteiger partial charge in [-0.05, 0) is 35.9 Å². The van der Waals surface area contributed by atoms with Crippen LogP contribution in [0, 0.1) is 5.92 Å². The molecule has 0 radical (unpaired) electrons. The monoisotopic (exact) mass is 438 g/mol. The van der Waals surface area contributed by atoms with Crippen molar-refractivity contribution in [1.29, 1.82) is 0 Å². The molecule has 3 aromatic carbocycles. The summed E-state index contributed by atoms with van der Waals surface area (Å²) in [6.45, 7) is 0. The van der Waals surface area contributed by atoms with Gasteiger partial charge in [-0.1, -0.05) is 71.7 Å². The molecule has 7 heteroatoms. The molecule has 2 heterocycles. The molecule has 0 bridgehead atoms. The second-order valence-corrected chi connectivity index (χ2v) is 7.99. The summed E-state index contributed by atoms with van der Waals surface area (Å²) in [4.78, 5) is 33.9. The van der Waals surface area contributed by atoms with E-state index in [1.165, 1.54) is 6.07 Å². The van der Waals surface area contributed by atoms with E-state index in [1.54, 1.807) is 17.2 Å². The van der Waals surface area contributed by atoms with Crippen molar-refractivity contribution in [2.24, 2.45) is 5.92 Å². The largest absolute Gasteiger partial charge is 0.273 e. The summed E-state index contributed by atoms with van der Waals surface area (Å²) in [5.41, 5.74) is 2.06. The highest BCUT2D eigenvalue weighted by Crippen LogP contribution is 2.47. The van der Waals surface area contributed by atoms with Crippen LogP contribution < -0.4 is 9.96 Å². The Kier molecular flexibility index (Phi) is 4.74. The number of imide groups is 1. The van der Waals surface area contributed by atoms with Crippen molar-refractivity contribution in [1.82, 2.24) is 0 Å². The highest BCUT2D eigenvalue weighted by molar-refractivity contribution is 6.42. The number of hydrogen-bond acceptors (Lipinski definition) is 4. The van der Waals surface area contributed by atoms with Crippen LogP contribution in [-0.4, -0.2) is 17.9 Å². The van der Waals surface area contributed by atoms with Crippen LogP contribution in [-0.2, 0) is 14.4 Å². The van der Waals surface area contributed by atoms with E-state index in [0.29, 0.717) is 10.7 Å². The van der Waals surface area contributed by atoms with Crippen LogP contribution in [0.25, 0.3) is 0 Å². The van der Waals surface area contributed by atoms with E-state index >= 15 is 0 Å². The van der Waals surface area contributed by atoms with E-state index in [0.717, 1.165) is 16.2 Å². The van der Waals surface area contributed by atoms with E-state index in [1.807, 2.05) is 60.7 Å². The lowest BCUT2D eigenvalue weighted by Crippen LogP contribution is -2.37. The maximum Gasteiger partial charge on any atom is 0.266 e. The van der Waals surface area contributed by atoms with E-state index in [2.05, 4.69) is 0 Å². The Balaban J connectivity index is 1.58. The van der Waals surface area contributed by atoms with Gasteiger partial charge in [-0.2, -0.15) is 0 Å². The van der Waals surface area contributed by atoms with Gasteiger partial charge in [-0.15, -0.1) is 0 Å². The Morgan fingerprint density at radius 1 is 0.733 bits per heavy atom. The van der Waals surface area contributed by atoms with Gasteiger partial charge in [0.25, 0.3) is 5.91 Å². The summed E-state index contributed by atoms with van der Waals surface area (Å²) in [6.07, 6.45) is -0.919. The van der Waals surface area contributed by atoms with Crippen molar-refractivity contribution < 1.29 is 14.4 Å². The standard InChI is InChI=1S/C23H16Cl2N2O3/c24-17-12-11-16(13-18(17)25)26-22(28)19-20(14-7-3-1-4-8-14)27(30-21(19)23(26)29)15-9-5-2-6-10-15/h1-13,19-21H/t19-,20-,21+/m1/s1. The lowest BCUT2D eigenvalue weighted by atomic mass is 9.90. The zero-order valence-electron chi connectivity index (χ0n) is 15.6. The number of anilines is 2. The quantitative estimate of drug-likeness (QED) is 0.537. The average Bonchev–Trinajstić information content (AvgIpc) is 3.28. The summed E-state index contributed by atoms with van der Waals surface area (Å²) in [7, 11) is 0. The molecular weight excluding hydrogens is 423 g/mol. The number of benzene rings is 3. The first kappa shape index (κ1) is 19.1. The molecule has 0 saturated carbocycles. The Morgan fingerprint density at radius 3 is 2.07 bits per heavy atom. The second-order valence-electron chi connectivity index (χ2n) is 7.18. The van der Waals surface area contributed by atoms with Gasteiger partial charge >= 0.3 is 0 Å². The molecule has 3 aromatic rings. The van der Waals surface area contributed by atoms with Crippen molar-refractivity contribution in [2.45, 2.75) is 12.1 Å². The number of halogens is 2. The number of carbonyl (C=O) groups excluding carboxylic acids is 2. The molecule has 5 nitrogen and oxygen atoms in total. The highest BCUT2D eigenvalue weighted by Gasteiger charge is 2.60. The lowest BCUT2D eigenvalue weighted by molar-refractivity contribution is -0.126. The molecule has 0 aromatic heterocycles. The molecule has 0 spiro atoms. The van der Waals surface area contributed by atoms with Crippen molar-refractivity contribution >= 4 is 46.4 Å². The third-order valence-corrected chi connectivity index (χ3v) is 6.17. The minimum atomic E-state index is -0.919. The third kappa shape index (κ3) is 2.98. The minimum Gasteiger partial charge on any atom is -0.273 e. The van der Waals surface area contributed by atoms with E-state index in [9.17, 15) is 9.59 Å². The predicted molar refractivity (Wildman–Crippen MR) is 115 cm³/mol. The van der Waals surface area contributed by atoms with Crippen LogP contribution in [0.1, 0.15) is 11.6 Å². The van der Waals surface area contributed by atoms with Gasteiger partial charge in [-0.25, -0.2) is 9.96 Å². The number of carbonyl (C=O) groups is 2. The summed E-state index contributed by atoms with van der Waals surface area (Å²) in [5.74, 6) is -1.42. The smallest absolute Gasteiger partial charge is 0.266 e. The van der Waals surface area contributed by atoms with Gasteiger partial charge in [-0.3, -0.25) is 14.4 Å². The number of hydrogen-bond donors (Lipinski definition) is 0. The SMILES string of the molecule is O=C1[C@H]2[C@H](ON(c3ccccc3)[C@@H]2c2ccccc2)C(=O)N1c1ccc(Cl)c(Cl)c1. The lowest BCUT2D eigenvalue weighted by Gasteiger charge is -2.28. The number of amides is 2. The molecule has 0 N–H and O–H groups in total. The van der Waals surface area contributed by atoms with Gasteiger partial charge in [0.1, 0.15) is 5.92 Å². The van der Waals surface area contributed by atoms with Crippen LogP contribution >= 0.6 is 23.2 Å². The summed E-state index contributed by atoms with van der Waals surface area (Å²) >= 11 is 12.1. The summed E-state index contributed by atoms with van der Waals surface area (Å²) in [6, 6.07) is 23.3. The Labute approximate surface area is 183 Å². The molecule has 2 amide bonds. The first-order valence-electron chi connectivity index (χ1n) is 9.45. The molecule has 0 unspecified atom stereocenters. The molecule has 2 aliphatic heterocycles. The average molecular weight is 439 g/mol. The first-order valence-corrected chi connectivity index (χ1v) is 10.2. The van der Waals surface area contributed by atoms with Crippen molar-refractivity contribution in [3.63, 3.8) is 0 Å². The van der Waals surface area contributed by atoms with E-state index in [-0.39, 0.29) is 10.9 Å².